The molecule has 112 valence electrons. The van der Waals surface area contributed by atoms with E-state index in [2.05, 4.69) is 32.2 Å². The Labute approximate surface area is 128 Å². The third-order valence-electron chi connectivity index (χ3n) is 6.41. The first-order valence-corrected chi connectivity index (χ1v) is 8.71. The lowest BCUT2D eigenvalue weighted by molar-refractivity contribution is 0.0795. The Morgan fingerprint density at radius 2 is 2.19 bits per heavy atom. The van der Waals surface area contributed by atoms with E-state index in [1.165, 1.54) is 43.2 Å². The van der Waals surface area contributed by atoms with Crippen molar-refractivity contribution in [2.75, 3.05) is 6.54 Å². The molecule has 1 aliphatic heterocycles. The molecular weight excluding hydrogens is 257 g/mol. The van der Waals surface area contributed by atoms with Crippen LogP contribution in [0.5, 0.6) is 5.75 Å². The van der Waals surface area contributed by atoms with Crippen LogP contribution in [0.2, 0.25) is 0 Å². The van der Waals surface area contributed by atoms with Crippen molar-refractivity contribution in [3.8, 4) is 5.75 Å². The first kappa shape index (κ1) is 13.7. The van der Waals surface area contributed by atoms with Crippen molar-refractivity contribution in [3.63, 3.8) is 0 Å². The summed E-state index contributed by atoms with van der Waals surface area (Å²) in [6, 6.07) is 5.11. The van der Waals surface area contributed by atoms with Crippen LogP contribution in [0.25, 0.3) is 0 Å². The number of fused-ring (bicyclic) bond motifs is 1. The van der Waals surface area contributed by atoms with Gasteiger partial charge in [-0.15, -0.1) is 0 Å². The van der Waals surface area contributed by atoms with Crippen molar-refractivity contribution < 1.29 is 5.11 Å². The summed E-state index contributed by atoms with van der Waals surface area (Å²) >= 11 is 0. The molecule has 1 heterocycles. The van der Waals surface area contributed by atoms with Gasteiger partial charge in [-0.05, 0) is 66.7 Å². The third kappa shape index (κ3) is 1.89. The fraction of sp³-hybridized carbons (Fsp3) is 0.667. The molecule has 4 atom stereocenters. The zero-order chi connectivity index (χ0) is 14.6. The van der Waals surface area contributed by atoms with E-state index in [4.69, 9.17) is 0 Å². The maximum absolute atomic E-state index is 10.5. The van der Waals surface area contributed by atoms with Gasteiger partial charge in [0.15, 0.2) is 0 Å². The van der Waals surface area contributed by atoms with Gasteiger partial charge in [0.05, 0.1) is 0 Å². The lowest BCUT2D eigenvalue weighted by atomic mass is 9.52. The molecule has 2 nitrogen and oxygen atoms in total. The molecule has 2 aliphatic carbocycles. The van der Waals surface area contributed by atoms with Gasteiger partial charge in [0.1, 0.15) is 13.6 Å². The molecule has 1 saturated heterocycles. The lowest BCUT2D eigenvalue weighted by Crippen LogP contribution is -2.59. The Hall–Kier alpha value is -0.955. The van der Waals surface area contributed by atoms with Gasteiger partial charge in [0.25, 0.3) is 0 Å². The number of phenols is 1. The Kier molecular flexibility index (Phi) is 3.11. The van der Waals surface area contributed by atoms with Crippen LogP contribution in [0.1, 0.15) is 61.5 Å². The fourth-order valence-corrected chi connectivity index (χ4v) is 5.45. The molecule has 3 heteroatoms. The minimum atomic E-state index is 0.356. The van der Waals surface area contributed by atoms with Crippen molar-refractivity contribution in [3.05, 3.63) is 28.8 Å². The summed E-state index contributed by atoms with van der Waals surface area (Å²) in [5.41, 5.74) is 4.48. The molecule has 0 amide bonds. The third-order valence-corrected chi connectivity index (χ3v) is 6.41. The lowest BCUT2D eigenvalue weighted by Gasteiger charge is -2.56. The number of piperidine rings is 1. The monoisotopic (exact) mass is 283 g/mol. The average Bonchev–Trinajstić information content (AvgIpc) is 2.47. The van der Waals surface area contributed by atoms with Gasteiger partial charge in [-0.1, -0.05) is 25.8 Å². The number of hydrogen-bond donors (Lipinski definition) is 2. The molecule has 2 unspecified atom stereocenters. The number of rotatable bonds is 1. The minimum absolute atomic E-state index is 0.356. The predicted octanol–water partition coefficient (Wildman–Crippen LogP) is 2.43. The largest absolute Gasteiger partial charge is 0.508 e. The highest BCUT2D eigenvalue weighted by Crippen LogP contribution is 2.54. The standard InChI is InChI=1S/C18H26BNO/c1-11(19)13-8-12-9-16-14-4-2-3-5-18(14,6-7-20-16)15(12)10-17(13)21/h8,10-11,14,16,20-21H,2-7,9,19H2,1H3/t11?,14?,16-,18-/m0/s1. The highest BCUT2D eigenvalue weighted by molar-refractivity contribution is 6.12. The van der Waals surface area contributed by atoms with Crippen molar-refractivity contribution in [1.29, 1.82) is 0 Å². The molecule has 21 heavy (non-hydrogen) atoms. The van der Waals surface area contributed by atoms with Gasteiger partial charge in [-0.25, -0.2) is 0 Å². The normalized spacial score (nSPS) is 35.7. The highest BCUT2D eigenvalue weighted by Gasteiger charge is 2.51. The first-order valence-electron chi connectivity index (χ1n) is 8.71. The Morgan fingerprint density at radius 1 is 1.33 bits per heavy atom. The summed E-state index contributed by atoms with van der Waals surface area (Å²) in [6.07, 6.45) is 7.84. The zero-order valence-corrected chi connectivity index (χ0v) is 13.3. The summed E-state index contributed by atoms with van der Waals surface area (Å²) in [6.45, 7) is 3.32. The number of phenolic OH excluding ortho intramolecular Hbond substituents is 1. The van der Waals surface area contributed by atoms with E-state index in [-0.39, 0.29) is 0 Å². The molecule has 0 spiro atoms. The van der Waals surface area contributed by atoms with Crippen LogP contribution in [0.4, 0.5) is 0 Å². The van der Waals surface area contributed by atoms with Crippen LogP contribution < -0.4 is 5.32 Å². The second-order valence-electron chi connectivity index (χ2n) is 7.75. The molecule has 4 rings (SSSR count). The average molecular weight is 283 g/mol. The molecular formula is C18H26BNO. The second-order valence-corrected chi connectivity index (χ2v) is 7.75. The zero-order valence-electron chi connectivity index (χ0n) is 13.3. The van der Waals surface area contributed by atoms with Crippen molar-refractivity contribution in [2.24, 2.45) is 5.92 Å². The molecule has 1 saturated carbocycles. The summed E-state index contributed by atoms with van der Waals surface area (Å²) < 4.78 is 0. The molecule has 3 aliphatic rings. The van der Waals surface area contributed by atoms with E-state index in [0.29, 0.717) is 23.0 Å². The van der Waals surface area contributed by atoms with Gasteiger partial charge in [0, 0.05) is 11.5 Å². The van der Waals surface area contributed by atoms with E-state index >= 15 is 0 Å². The molecule has 0 radical (unpaired) electrons. The fourth-order valence-electron chi connectivity index (χ4n) is 5.45. The number of nitrogens with one attached hydrogen (secondary N) is 1. The summed E-state index contributed by atoms with van der Waals surface area (Å²) in [5, 5.41) is 14.3. The maximum atomic E-state index is 10.5. The Bertz CT molecular complexity index is 567. The summed E-state index contributed by atoms with van der Waals surface area (Å²) in [7, 11) is 2.17. The van der Waals surface area contributed by atoms with Crippen molar-refractivity contribution in [2.45, 2.75) is 62.7 Å². The topological polar surface area (TPSA) is 32.3 Å². The van der Waals surface area contributed by atoms with Crippen LogP contribution in [0, 0.1) is 5.92 Å². The molecule has 2 fully saturated rings. The number of benzene rings is 1. The molecule has 1 aromatic carbocycles. The van der Waals surface area contributed by atoms with Gasteiger partial charge in [-0.3, -0.25) is 0 Å². The van der Waals surface area contributed by atoms with Crippen LogP contribution in [-0.2, 0) is 11.8 Å². The van der Waals surface area contributed by atoms with Crippen LogP contribution in [0.15, 0.2) is 12.1 Å². The van der Waals surface area contributed by atoms with E-state index in [1.807, 2.05) is 0 Å². The number of aromatic hydroxyl groups is 1. The smallest absolute Gasteiger partial charge is 0.118 e. The second kappa shape index (κ2) is 4.77. The molecule has 1 aromatic rings. The predicted molar refractivity (Wildman–Crippen MR) is 88.8 cm³/mol. The quantitative estimate of drug-likeness (QED) is 0.776. The van der Waals surface area contributed by atoms with Crippen LogP contribution in [0.3, 0.4) is 0 Å². The number of hydrogen-bond acceptors (Lipinski definition) is 2. The first-order chi connectivity index (χ1) is 10.1. The SMILES string of the molecule is BC(C)c1cc2c(cc1O)[C@]13CCCCC1[C@H](C2)NCC3. The van der Waals surface area contributed by atoms with Gasteiger partial charge < -0.3 is 10.4 Å². The molecule has 2 bridgehead atoms. The van der Waals surface area contributed by atoms with E-state index in [9.17, 15) is 5.11 Å². The summed E-state index contributed by atoms with van der Waals surface area (Å²) in [5.74, 6) is 1.71. The van der Waals surface area contributed by atoms with Gasteiger partial charge in [0.2, 0.25) is 0 Å². The Morgan fingerprint density at radius 3 is 3.00 bits per heavy atom. The summed E-state index contributed by atoms with van der Waals surface area (Å²) in [4.78, 5) is 0. The van der Waals surface area contributed by atoms with Gasteiger partial charge >= 0.3 is 0 Å². The minimum Gasteiger partial charge on any atom is -0.508 e. The molecule has 0 aromatic heterocycles. The highest BCUT2D eigenvalue weighted by atomic mass is 16.3. The van der Waals surface area contributed by atoms with Crippen molar-refractivity contribution in [1.82, 2.24) is 5.32 Å². The van der Waals surface area contributed by atoms with E-state index in [0.717, 1.165) is 24.4 Å². The van der Waals surface area contributed by atoms with Crippen LogP contribution in [-0.4, -0.2) is 25.5 Å². The van der Waals surface area contributed by atoms with Gasteiger partial charge in [-0.2, -0.15) is 0 Å². The maximum Gasteiger partial charge on any atom is 0.118 e. The van der Waals surface area contributed by atoms with E-state index < -0.39 is 0 Å². The van der Waals surface area contributed by atoms with Crippen molar-refractivity contribution >= 4 is 7.85 Å². The molecule has 2 N–H and O–H groups in total. The van der Waals surface area contributed by atoms with Crippen LogP contribution >= 0.6 is 0 Å². The van der Waals surface area contributed by atoms with E-state index in [1.54, 1.807) is 0 Å². The Balaban J connectivity index is 1.88.